The third-order valence-electron chi connectivity index (χ3n) is 3.77. The van der Waals surface area contributed by atoms with Gasteiger partial charge in [-0.05, 0) is 29.5 Å². The van der Waals surface area contributed by atoms with E-state index in [1.807, 2.05) is 6.07 Å². The normalized spacial score (nSPS) is 19.8. The zero-order valence-electron chi connectivity index (χ0n) is 10.9. The van der Waals surface area contributed by atoms with Crippen molar-refractivity contribution >= 4 is 10.2 Å². The maximum Gasteiger partial charge on any atom is 0.279 e. The molecule has 0 amide bonds. The van der Waals surface area contributed by atoms with Crippen LogP contribution < -0.4 is 10.0 Å². The van der Waals surface area contributed by atoms with Crippen molar-refractivity contribution in [3.05, 3.63) is 34.9 Å². The van der Waals surface area contributed by atoms with Gasteiger partial charge in [-0.15, -0.1) is 0 Å². The first kappa shape index (κ1) is 13.1. The van der Waals surface area contributed by atoms with E-state index < -0.39 is 10.2 Å². The highest BCUT2D eigenvalue weighted by atomic mass is 32.2. The predicted octanol–water partition coefficient (Wildman–Crippen LogP) is 0.720. The molecule has 2 aliphatic rings. The summed E-state index contributed by atoms with van der Waals surface area (Å²) in [5.41, 5.74) is 3.61. The standard InChI is InChI=1S/C13H19N3O2S/c17-19(18,16-5-1-2-6-16)15-8-11-3-4-12-9-14-10-13(12)7-11/h3-4,7,14-15H,1-2,5-6,8-10H2. The third-order valence-corrected chi connectivity index (χ3v) is 5.32. The lowest BCUT2D eigenvalue weighted by atomic mass is 10.1. The molecule has 1 fully saturated rings. The summed E-state index contributed by atoms with van der Waals surface area (Å²) in [5.74, 6) is 0. The molecule has 2 heterocycles. The van der Waals surface area contributed by atoms with Gasteiger partial charge in [-0.1, -0.05) is 18.2 Å². The summed E-state index contributed by atoms with van der Waals surface area (Å²) in [6, 6.07) is 6.16. The van der Waals surface area contributed by atoms with Crippen LogP contribution in [0.4, 0.5) is 0 Å². The average molecular weight is 281 g/mol. The second kappa shape index (κ2) is 5.20. The maximum atomic E-state index is 12.0. The highest BCUT2D eigenvalue weighted by Gasteiger charge is 2.24. The fraction of sp³-hybridized carbons (Fsp3) is 0.538. The van der Waals surface area contributed by atoms with E-state index >= 15 is 0 Å². The van der Waals surface area contributed by atoms with Gasteiger partial charge in [0.2, 0.25) is 0 Å². The Kier molecular flexibility index (Phi) is 3.58. The molecule has 0 unspecified atom stereocenters. The lowest BCUT2D eigenvalue weighted by molar-refractivity contribution is 0.464. The van der Waals surface area contributed by atoms with Gasteiger partial charge in [0.15, 0.2) is 0 Å². The van der Waals surface area contributed by atoms with Gasteiger partial charge >= 0.3 is 0 Å². The summed E-state index contributed by atoms with van der Waals surface area (Å²) in [7, 11) is -3.30. The molecule has 6 heteroatoms. The second-order valence-corrected chi connectivity index (χ2v) is 6.89. The molecule has 19 heavy (non-hydrogen) atoms. The quantitative estimate of drug-likeness (QED) is 0.855. The number of hydrogen-bond donors (Lipinski definition) is 2. The van der Waals surface area contributed by atoms with Gasteiger partial charge in [-0.3, -0.25) is 0 Å². The maximum absolute atomic E-state index is 12.0. The van der Waals surface area contributed by atoms with Crippen molar-refractivity contribution in [2.75, 3.05) is 13.1 Å². The van der Waals surface area contributed by atoms with Crippen LogP contribution >= 0.6 is 0 Å². The topological polar surface area (TPSA) is 61.4 Å². The molecule has 3 rings (SSSR count). The Morgan fingerprint density at radius 1 is 1.16 bits per heavy atom. The Bertz CT molecular complexity index is 565. The zero-order valence-corrected chi connectivity index (χ0v) is 11.7. The Balaban J connectivity index is 1.66. The first-order valence-corrected chi connectivity index (χ1v) is 8.15. The summed E-state index contributed by atoms with van der Waals surface area (Å²) in [4.78, 5) is 0. The highest BCUT2D eigenvalue weighted by Crippen LogP contribution is 2.17. The van der Waals surface area contributed by atoms with Crippen LogP contribution in [0, 0.1) is 0 Å². The van der Waals surface area contributed by atoms with E-state index in [-0.39, 0.29) is 0 Å². The number of nitrogens with one attached hydrogen (secondary N) is 2. The minimum absolute atomic E-state index is 0.367. The lowest BCUT2D eigenvalue weighted by Crippen LogP contribution is -2.38. The molecule has 0 bridgehead atoms. The first-order valence-electron chi connectivity index (χ1n) is 6.71. The summed E-state index contributed by atoms with van der Waals surface area (Å²) in [5, 5.41) is 3.29. The molecule has 0 aliphatic carbocycles. The minimum Gasteiger partial charge on any atom is -0.309 e. The van der Waals surface area contributed by atoms with Crippen LogP contribution in [0.25, 0.3) is 0 Å². The van der Waals surface area contributed by atoms with Crippen molar-refractivity contribution in [2.24, 2.45) is 0 Å². The molecule has 5 nitrogen and oxygen atoms in total. The summed E-state index contributed by atoms with van der Waals surface area (Å²) < 4.78 is 28.3. The molecule has 1 saturated heterocycles. The minimum atomic E-state index is -3.30. The van der Waals surface area contributed by atoms with Gasteiger partial charge in [-0.25, -0.2) is 0 Å². The molecular weight excluding hydrogens is 262 g/mol. The van der Waals surface area contributed by atoms with Crippen LogP contribution in [-0.4, -0.2) is 25.8 Å². The second-order valence-electron chi connectivity index (χ2n) is 5.14. The number of nitrogens with zero attached hydrogens (tertiary/aromatic N) is 1. The fourth-order valence-electron chi connectivity index (χ4n) is 2.65. The molecule has 0 aromatic heterocycles. The Morgan fingerprint density at radius 2 is 1.89 bits per heavy atom. The fourth-order valence-corrected chi connectivity index (χ4v) is 3.92. The van der Waals surface area contributed by atoms with Crippen molar-refractivity contribution in [1.82, 2.24) is 14.3 Å². The van der Waals surface area contributed by atoms with Crippen LogP contribution in [0.3, 0.4) is 0 Å². The first-order chi connectivity index (χ1) is 9.15. The van der Waals surface area contributed by atoms with E-state index in [9.17, 15) is 8.42 Å². The van der Waals surface area contributed by atoms with E-state index in [1.54, 1.807) is 0 Å². The number of rotatable bonds is 4. The Morgan fingerprint density at radius 3 is 2.68 bits per heavy atom. The largest absolute Gasteiger partial charge is 0.309 e. The molecule has 0 saturated carbocycles. The van der Waals surface area contributed by atoms with Gasteiger partial charge in [0, 0.05) is 32.7 Å². The van der Waals surface area contributed by atoms with E-state index in [2.05, 4.69) is 22.2 Å². The predicted molar refractivity (Wildman–Crippen MR) is 73.6 cm³/mol. The van der Waals surface area contributed by atoms with E-state index in [0.29, 0.717) is 19.6 Å². The molecule has 1 aromatic rings. The molecule has 0 atom stereocenters. The molecule has 2 aliphatic heterocycles. The van der Waals surface area contributed by atoms with Crippen molar-refractivity contribution in [2.45, 2.75) is 32.5 Å². The van der Waals surface area contributed by atoms with E-state index in [0.717, 1.165) is 31.5 Å². The Hall–Kier alpha value is -0.950. The van der Waals surface area contributed by atoms with Crippen LogP contribution in [0.5, 0.6) is 0 Å². The molecule has 2 N–H and O–H groups in total. The van der Waals surface area contributed by atoms with Crippen LogP contribution in [0.1, 0.15) is 29.5 Å². The molecule has 104 valence electrons. The number of benzene rings is 1. The van der Waals surface area contributed by atoms with E-state index in [4.69, 9.17) is 0 Å². The van der Waals surface area contributed by atoms with Gasteiger partial charge in [0.1, 0.15) is 0 Å². The average Bonchev–Trinajstić information content (AvgIpc) is 3.07. The van der Waals surface area contributed by atoms with Crippen LogP contribution in [0.15, 0.2) is 18.2 Å². The highest BCUT2D eigenvalue weighted by molar-refractivity contribution is 7.87. The van der Waals surface area contributed by atoms with Crippen molar-refractivity contribution in [1.29, 1.82) is 0 Å². The SMILES string of the molecule is O=S(=O)(NCc1ccc2c(c1)CNC2)N1CCCC1. The smallest absolute Gasteiger partial charge is 0.279 e. The summed E-state index contributed by atoms with van der Waals surface area (Å²) in [6.07, 6.45) is 1.93. The molecular formula is C13H19N3O2S. The zero-order chi connectivity index (χ0) is 13.3. The van der Waals surface area contributed by atoms with Gasteiger partial charge in [-0.2, -0.15) is 17.4 Å². The van der Waals surface area contributed by atoms with Crippen molar-refractivity contribution < 1.29 is 8.42 Å². The van der Waals surface area contributed by atoms with Gasteiger partial charge in [0.05, 0.1) is 0 Å². The molecule has 1 aromatic carbocycles. The number of fused-ring (bicyclic) bond motifs is 1. The van der Waals surface area contributed by atoms with Crippen LogP contribution in [0.2, 0.25) is 0 Å². The number of hydrogen-bond acceptors (Lipinski definition) is 3. The third kappa shape index (κ3) is 2.81. The summed E-state index contributed by atoms with van der Waals surface area (Å²) in [6.45, 7) is 3.44. The van der Waals surface area contributed by atoms with E-state index in [1.165, 1.54) is 15.4 Å². The lowest BCUT2D eigenvalue weighted by Gasteiger charge is -2.16. The van der Waals surface area contributed by atoms with Crippen molar-refractivity contribution in [3.8, 4) is 0 Å². The van der Waals surface area contributed by atoms with Crippen molar-refractivity contribution in [3.63, 3.8) is 0 Å². The Labute approximate surface area is 114 Å². The van der Waals surface area contributed by atoms with Gasteiger partial charge < -0.3 is 5.32 Å². The molecule has 0 radical (unpaired) electrons. The summed E-state index contributed by atoms with van der Waals surface area (Å²) >= 11 is 0. The molecule has 0 spiro atoms. The monoisotopic (exact) mass is 281 g/mol. The van der Waals surface area contributed by atoms with Crippen LogP contribution in [-0.2, 0) is 29.8 Å². The van der Waals surface area contributed by atoms with Gasteiger partial charge in [0.25, 0.3) is 10.2 Å².